The topological polar surface area (TPSA) is 30.3 Å². The highest BCUT2D eigenvalue weighted by Gasteiger charge is 2.33. The standard InChI is InChI=1S/C16H21Cl2N3/c1-3-12-11-20(4-2)8-9-21(12)15(10-19)16-13(17)6-5-7-14(16)18/h5-7,12,15H,3-4,8-9,11H2,1-2H3. The van der Waals surface area contributed by atoms with Crippen molar-refractivity contribution >= 4 is 23.2 Å². The van der Waals surface area contributed by atoms with Gasteiger partial charge in [0.1, 0.15) is 6.04 Å². The Morgan fingerprint density at radius 1 is 1.29 bits per heavy atom. The van der Waals surface area contributed by atoms with Gasteiger partial charge in [0.25, 0.3) is 0 Å². The van der Waals surface area contributed by atoms with Crippen molar-refractivity contribution in [1.29, 1.82) is 5.26 Å². The second-order valence-corrected chi connectivity index (χ2v) is 6.17. The second kappa shape index (κ2) is 7.47. The monoisotopic (exact) mass is 325 g/mol. The quantitative estimate of drug-likeness (QED) is 0.838. The third-order valence-corrected chi connectivity index (χ3v) is 4.92. The van der Waals surface area contributed by atoms with Crippen molar-refractivity contribution < 1.29 is 0 Å². The molecule has 1 saturated heterocycles. The molecule has 1 aliphatic heterocycles. The van der Waals surface area contributed by atoms with Gasteiger partial charge in [0.2, 0.25) is 0 Å². The minimum Gasteiger partial charge on any atom is -0.301 e. The first-order valence-corrected chi connectivity index (χ1v) is 8.19. The molecule has 0 amide bonds. The number of hydrogen-bond acceptors (Lipinski definition) is 3. The molecule has 2 atom stereocenters. The fraction of sp³-hybridized carbons (Fsp3) is 0.562. The molecule has 2 unspecified atom stereocenters. The van der Waals surface area contributed by atoms with E-state index in [1.165, 1.54) is 0 Å². The highest BCUT2D eigenvalue weighted by atomic mass is 35.5. The van der Waals surface area contributed by atoms with Crippen molar-refractivity contribution in [3.05, 3.63) is 33.8 Å². The summed E-state index contributed by atoms with van der Waals surface area (Å²) in [4.78, 5) is 4.67. The van der Waals surface area contributed by atoms with Gasteiger partial charge in [-0.2, -0.15) is 5.26 Å². The van der Waals surface area contributed by atoms with E-state index in [1.807, 2.05) is 6.07 Å². The summed E-state index contributed by atoms with van der Waals surface area (Å²) in [6.45, 7) is 8.23. The predicted molar refractivity (Wildman–Crippen MR) is 87.7 cm³/mol. The Morgan fingerprint density at radius 2 is 1.95 bits per heavy atom. The number of nitrogens with zero attached hydrogens (tertiary/aromatic N) is 3. The molecule has 1 fully saturated rings. The fourth-order valence-electron chi connectivity index (χ4n) is 3.00. The number of rotatable bonds is 4. The van der Waals surface area contributed by atoms with Gasteiger partial charge in [-0.05, 0) is 25.1 Å². The van der Waals surface area contributed by atoms with Gasteiger partial charge in [0.05, 0.1) is 6.07 Å². The molecule has 114 valence electrons. The van der Waals surface area contributed by atoms with Gasteiger partial charge in [-0.1, -0.05) is 43.1 Å². The summed E-state index contributed by atoms with van der Waals surface area (Å²) < 4.78 is 0. The van der Waals surface area contributed by atoms with Crippen LogP contribution < -0.4 is 0 Å². The lowest BCUT2D eigenvalue weighted by Crippen LogP contribution is -2.53. The summed E-state index contributed by atoms with van der Waals surface area (Å²) in [7, 11) is 0. The molecule has 0 N–H and O–H groups in total. The van der Waals surface area contributed by atoms with Crippen molar-refractivity contribution in [1.82, 2.24) is 9.80 Å². The number of likely N-dealkylation sites (N-methyl/N-ethyl adjacent to an activating group) is 1. The SMILES string of the molecule is CCC1CN(CC)CCN1C(C#N)c1c(Cl)cccc1Cl. The van der Waals surface area contributed by atoms with E-state index in [1.54, 1.807) is 12.1 Å². The molecular weight excluding hydrogens is 305 g/mol. The Labute approximate surface area is 137 Å². The van der Waals surface area contributed by atoms with E-state index in [0.29, 0.717) is 16.1 Å². The number of nitriles is 1. The van der Waals surface area contributed by atoms with Crippen molar-refractivity contribution in [3.63, 3.8) is 0 Å². The third kappa shape index (κ3) is 3.52. The van der Waals surface area contributed by atoms with Crippen LogP contribution in [0.5, 0.6) is 0 Å². The summed E-state index contributed by atoms with van der Waals surface area (Å²) in [6.07, 6.45) is 1.01. The molecule has 3 nitrogen and oxygen atoms in total. The summed E-state index contributed by atoms with van der Waals surface area (Å²) >= 11 is 12.6. The molecule has 1 aliphatic rings. The molecule has 1 aromatic rings. The lowest BCUT2D eigenvalue weighted by Gasteiger charge is -2.43. The van der Waals surface area contributed by atoms with Crippen LogP contribution in [0.3, 0.4) is 0 Å². The molecule has 0 bridgehead atoms. The average Bonchev–Trinajstić information content (AvgIpc) is 2.50. The maximum absolute atomic E-state index is 9.69. The highest BCUT2D eigenvalue weighted by molar-refractivity contribution is 6.36. The first-order chi connectivity index (χ1) is 10.1. The number of benzene rings is 1. The molecular formula is C16H21Cl2N3. The van der Waals surface area contributed by atoms with Crippen LogP contribution in [0.25, 0.3) is 0 Å². The molecule has 21 heavy (non-hydrogen) atoms. The number of hydrogen-bond donors (Lipinski definition) is 0. The van der Waals surface area contributed by atoms with Crippen LogP contribution in [0.15, 0.2) is 18.2 Å². The summed E-state index contributed by atoms with van der Waals surface area (Å²) in [5.41, 5.74) is 0.742. The highest BCUT2D eigenvalue weighted by Crippen LogP contribution is 2.35. The summed E-state index contributed by atoms with van der Waals surface area (Å²) in [5, 5.41) is 10.8. The van der Waals surface area contributed by atoms with E-state index in [4.69, 9.17) is 23.2 Å². The molecule has 0 radical (unpaired) electrons. The molecule has 0 aliphatic carbocycles. The fourth-order valence-corrected chi connectivity index (χ4v) is 3.61. The molecule has 2 rings (SSSR count). The number of halogens is 2. The average molecular weight is 326 g/mol. The van der Waals surface area contributed by atoms with Crippen LogP contribution in [-0.4, -0.2) is 42.0 Å². The van der Waals surface area contributed by atoms with E-state index in [-0.39, 0.29) is 6.04 Å². The maximum Gasteiger partial charge on any atom is 0.127 e. The van der Waals surface area contributed by atoms with Crippen LogP contribution >= 0.6 is 23.2 Å². The van der Waals surface area contributed by atoms with Gasteiger partial charge in [0.15, 0.2) is 0 Å². The van der Waals surface area contributed by atoms with Gasteiger partial charge in [-0.3, -0.25) is 4.90 Å². The predicted octanol–water partition coefficient (Wildman–Crippen LogP) is 3.97. The van der Waals surface area contributed by atoms with E-state index in [2.05, 4.69) is 29.7 Å². The molecule has 1 heterocycles. The van der Waals surface area contributed by atoms with Crippen molar-refractivity contribution in [2.45, 2.75) is 32.4 Å². The van der Waals surface area contributed by atoms with Crippen LogP contribution in [-0.2, 0) is 0 Å². The van der Waals surface area contributed by atoms with E-state index in [0.717, 1.165) is 38.2 Å². The first kappa shape index (κ1) is 16.6. The van der Waals surface area contributed by atoms with Crippen molar-refractivity contribution in [2.75, 3.05) is 26.2 Å². The molecule has 1 aromatic carbocycles. The van der Waals surface area contributed by atoms with E-state index < -0.39 is 0 Å². The van der Waals surface area contributed by atoms with Gasteiger partial charge < -0.3 is 4.90 Å². The van der Waals surface area contributed by atoms with Gasteiger partial charge in [0, 0.05) is 41.3 Å². The molecule has 0 saturated carbocycles. The van der Waals surface area contributed by atoms with Gasteiger partial charge in [-0.15, -0.1) is 0 Å². The minimum atomic E-state index is -0.379. The summed E-state index contributed by atoms with van der Waals surface area (Å²) in [6, 6.07) is 7.80. The Bertz CT molecular complexity index is 506. The van der Waals surface area contributed by atoms with Crippen LogP contribution in [0.2, 0.25) is 10.0 Å². The normalized spacial score (nSPS) is 22.0. The lowest BCUT2D eigenvalue weighted by atomic mass is 10.0. The van der Waals surface area contributed by atoms with E-state index in [9.17, 15) is 5.26 Å². The minimum absolute atomic E-state index is 0.357. The third-order valence-electron chi connectivity index (χ3n) is 4.26. The van der Waals surface area contributed by atoms with Gasteiger partial charge >= 0.3 is 0 Å². The number of piperazine rings is 1. The zero-order valence-electron chi connectivity index (χ0n) is 12.5. The Balaban J connectivity index is 2.31. The maximum atomic E-state index is 9.69. The lowest BCUT2D eigenvalue weighted by molar-refractivity contribution is 0.0570. The first-order valence-electron chi connectivity index (χ1n) is 7.43. The van der Waals surface area contributed by atoms with Crippen LogP contribution in [0.1, 0.15) is 31.9 Å². The van der Waals surface area contributed by atoms with Crippen molar-refractivity contribution in [2.24, 2.45) is 0 Å². The summed E-state index contributed by atoms with van der Waals surface area (Å²) in [5.74, 6) is 0. The van der Waals surface area contributed by atoms with Gasteiger partial charge in [-0.25, -0.2) is 0 Å². The largest absolute Gasteiger partial charge is 0.301 e. The molecule has 0 aromatic heterocycles. The van der Waals surface area contributed by atoms with Crippen molar-refractivity contribution in [3.8, 4) is 6.07 Å². The Hall–Kier alpha value is -0.790. The Morgan fingerprint density at radius 3 is 2.48 bits per heavy atom. The zero-order chi connectivity index (χ0) is 15.4. The van der Waals surface area contributed by atoms with E-state index >= 15 is 0 Å². The smallest absolute Gasteiger partial charge is 0.127 e. The Kier molecular flexibility index (Phi) is 5.89. The molecule has 5 heteroatoms. The second-order valence-electron chi connectivity index (χ2n) is 5.36. The van der Waals surface area contributed by atoms with Crippen LogP contribution in [0.4, 0.5) is 0 Å². The zero-order valence-corrected chi connectivity index (χ0v) is 14.0. The van der Waals surface area contributed by atoms with Crippen LogP contribution in [0, 0.1) is 11.3 Å². The molecule has 0 spiro atoms.